The molecule has 164 valence electrons. The number of nitro benzene ring substituents is 1. The topological polar surface area (TPSA) is 111 Å². The smallest absolute Gasteiger partial charge is 0.270 e. The molecule has 0 bridgehead atoms. The highest BCUT2D eigenvalue weighted by Gasteiger charge is 2.36. The molecule has 0 aliphatic rings. The lowest BCUT2D eigenvalue weighted by atomic mass is 10.0. The molecule has 3 aromatic rings. The Kier molecular flexibility index (Phi) is 7.00. The van der Waals surface area contributed by atoms with E-state index in [9.17, 15) is 28.1 Å². The van der Waals surface area contributed by atoms with Crippen LogP contribution in [0.1, 0.15) is 32.7 Å². The van der Waals surface area contributed by atoms with Gasteiger partial charge in [0.15, 0.2) is 21.4 Å². The maximum absolute atomic E-state index is 13.4. The van der Waals surface area contributed by atoms with Crippen molar-refractivity contribution in [1.29, 1.82) is 0 Å². The van der Waals surface area contributed by atoms with E-state index in [-0.39, 0.29) is 21.7 Å². The normalized spacial score (nSPS) is 12.2. The number of nitrogens with zero attached hydrogens (tertiary/aromatic N) is 1. The largest absolute Gasteiger partial charge is 0.294 e. The van der Waals surface area contributed by atoms with E-state index in [0.717, 1.165) is 11.6 Å². The van der Waals surface area contributed by atoms with Gasteiger partial charge in [0.2, 0.25) is 0 Å². The van der Waals surface area contributed by atoms with Gasteiger partial charge in [0.05, 0.1) is 9.82 Å². The molecule has 0 fully saturated rings. The molecule has 3 rings (SSSR count). The fourth-order valence-corrected chi connectivity index (χ4v) is 5.01. The highest BCUT2D eigenvalue weighted by Crippen LogP contribution is 2.25. The van der Waals surface area contributed by atoms with E-state index in [1.807, 2.05) is 0 Å². The Hall–Kier alpha value is -3.17. The molecule has 0 heterocycles. The summed E-state index contributed by atoms with van der Waals surface area (Å²) in [7, 11) is -4.22. The summed E-state index contributed by atoms with van der Waals surface area (Å²) in [5.74, 6) is -1.41. The quantitative estimate of drug-likeness (QED) is 0.238. The number of hydrogen-bond acceptors (Lipinski definition) is 6. The predicted molar refractivity (Wildman–Crippen MR) is 123 cm³/mol. The van der Waals surface area contributed by atoms with Gasteiger partial charge in [-0.15, -0.1) is 0 Å². The van der Waals surface area contributed by atoms with Crippen molar-refractivity contribution in [2.75, 3.05) is 0 Å². The molecule has 9 heteroatoms. The number of Topliss-reactive ketones (excluding diaryl/α,β-unsaturated/α-hetero) is 2. The second kappa shape index (κ2) is 9.54. The van der Waals surface area contributed by atoms with Crippen LogP contribution < -0.4 is 0 Å². The molecule has 0 amide bonds. The Morgan fingerprint density at radius 2 is 1.59 bits per heavy atom. The molecular formula is C23H18BrNO6S. The van der Waals surface area contributed by atoms with Crippen molar-refractivity contribution in [3.8, 4) is 0 Å². The first-order chi connectivity index (χ1) is 15.1. The van der Waals surface area contributed by atoms with Gasteiger partial charge in [-0.05, 0) is 31.2 Å². The van der Waals surface area contributed by atoms with Crippen LogP contribution >= 0.6 is 15.9 Å². The van der Waals surface area contributed by atoms with E-state index in [4.69, 9.17) is 0 Å². The number of benzene rings is 3. The number of carbonyl (C=O) groups excluding carboxylic acids is 2. The van der Waals surface area contributed by atoms with Crippen molar-refractivity contribution in [3.63, 3.8) is 0 Å². The minimum absolute atomic E-state index is 0.0353. The molecule has 0 radical (unpaired) electrons. The molecule has 7 nitrogen and oxygen atoms in total. The molecule has 0 N–H and O–H groups in total. The third-order valence-electron chi connectivity index (χ3n) is 4.89. The van der Waals surface area contributed by atoms with Crippen LogP contribution in [0.15, 0.2) is 82.2 Å². The van der Waals surface area contributed by atoms with Gasteiger partial charge in [-0.2, -0.15) is 0 Å². The molecule has 0 aliphatic carbocycles. The van der Waals surface area contributed by atoms with Gasteiger partial charge in [0, 0.05) is 34.2 Å². The zero-order valence-electron chi connectivity index (χ0n) is 16.9. The monoisotopic (exact) mass is 515 g/mol. The molecule has 1 atom stereocenters. The molecule has 0 aliphatic heterocycles. The third kappa shape index (κ3) is 5.17. The number of nitro groups is 1. The summed E-state index contributed by atoms with van der Waals surface area (Å²) < 4.78 is 27.5. The van der Waals surface area contributed by atoms with Gasteiger partial charge in [-0.25, -0.2) is 8.42 Å². The van der Waals surface area contributed by atoms with Gasteiger partial charge in [0.1, 0.15) is 5.25 Å². The average Bonchev–Trinajstić information content (AvgIpc) is 2.77. The number of non-ortho nitro benzene ring substituents is 1. The lowest BCUT2D eigenvalue weighted by molar-refractivity contribution is -0.384. The van der Waals surface area contributed by atoms with Crippen molar-refractivity contribution < 1.29 is 22.9 Å². The van der Waals surface area contributed by atoms with Crippen molar-refractivity contribution in [2.45, 2.75) is 23.5 Å². The predicted octanol–water partition coefficient (Wildman–Crippen LogP) is 4.96. The Bertz CT molecular complexity index is 1280. The Morgan fingerprint density at radius 3 is 2.19 bits per heavy atom. The number of sulfone groups is 1. The number of carbonyl (C=O) groups is 2. The summed E-state index contributed by atoms with van der Waals surface area (Å²) in [5.41, 5.74) is 0.646. The van der Waals surface area contributed by atoms with Gasteiger partial charge in [0.25, 0.3) is 5.69 Å². The van der Waals surface area contributed by atoms with Crippen molar-refractivity contribution >= 4 is 43.0 Å². The minimum atomic E-state index is -4.22. The third-order valence-corrected chi connectivity index (χ3v) is 7.48. The summed E-state index contributed by atoms with van der Waals surface area (Å²) in [4.78, 5) is 36.4. The van der Waals surface area contributed by atoms with Crippen LogP contribution in [0.5, 0.6) is 0 Å². The van der Waals surface area contributed by atoms with E-state index in [1.54, 1.807) is 31.2 Å². The van der Waals surface area contributed by atoms with Gasteiger partial charge >= 0.3 is 0 Å². The Balaban J connectivity index is 2.03. The molecule has 0 unspecified atom stereocenters. The van der Waals surface area contributed by atoms with Crippen LogP contribution in [-0.2, 0) is 9.84 Å². The first kappa shape index (κ1) is 23.5. The second-order valence-electron chi connectivity index (χ2n) is 7.15. The SMILES string of the molecule is Cc1ccc(S(=O)(=O)[C@H](CC(=O)c2cccc([N+](=O)[O-])c2)C(=O)c2ccc(Br)cc2)cc1. The molecule has 0 aromatic heterocycles. The highest BCUT2D eigenvalue weighted by atomic mass is 79.9. The fourth-order valence-electron chi connectivity index (χ4n) is 3.11. The highest BCUT2D eigenvalue weighted by molar-refractivity contribution is 9.10. The van der Waals surface area contributed by atoms with Crippen molar-refractivity contribution in [1.82, 2.24) is 0 Å². The van der Waals surface area contributed by atoms with Crippen molar-refractivity contribution in [3.05, 3.63) is 104 Å². The van der Waals surface area contributed by atoms with Crippen LogP contribution in [0.4, 0.5) is 5.69 Å². The van der Waals surface area contributed by atoms with Gasteiger partial charge in [-0.3, -0.25) is 19.7 Å². The Labute approximate surface area is 193 Å². The summed E-state index contributed by atoms with van der Waals surface area (Å²) in [6.07, 6.45) is -0.647. The number of ketones is 2. The van der Waals surface area contributed by atoms with Crippen LogP contribution in [0.25, 0.3) is 0 Å². The van der Waals surface area contributed by atoms with E-state index in [1.165, 1.54) is 42.5 Å². The summed E-state index contributed by atoms with van der Waals surface area (Å²) in [6.45, 7) is 1.80. The fraction of sp³-hybridized carbons (Fsp3) is 0.130. The van der Waals surface area contributed by atoms with E-state index < -0.39 is 38.0 Å². The van der Waals surface area contributed by atoms with Crippen molar-refractivity contribution in [2.24, 2.45) is 0 Å². The molecule has 0 spiro atoms. The minimum Gasteiger partial charge on any atom is -0.294 e. The maximum Gasteiger partial charge on any atom is 0.270 e. The van der Waals surface area contributed by atoms with E-state index in [2.05, 4.69) is 15.9 Å². The molecular weight excluding hydrogens is 498 g/mol. The number of aryl methyl sites for hydroxylation is 1. The molecule has 0 saturated heterocycles. The molecule has 0 saturated carbocycles. The second-order valence-corrected chi connectivity index (χ2v) is 10.2. The average molecular weight is 516 g/mol. The van der Waals surface area contributed by atoms with Gasteiger partial charge < -0.3 is 0 Å². The van der Waals surface area contributed by atoms with Crippen LogP contribution in [0.2, 0.25) is 0 Å². The Morgan fingerprint density at radius 1 is 0.969 bits per heavy atom. The summed E-state index contributed by atoms with van der Waals surface area (Å²) in [5, 5.41) is 9.35. The van der Waals surface area contributed by atoms with Gasteiger partial charge in [-0.1, -0.05) is 57.9 Å². The van der Waals surface area contributed by atoms with E-state index >= 15 is 0 Å². The number of rotatable bonds is 8. The van der Waals surface area contributed by atoms with E-state index in [0.29, 0.717) is 4.47 Å². The lowest BCUT2D eigenvalue weighted by Gasteiger charge is -2.17. The van der Waals surface area contributed by atoms with Crippen LogP contribution in [0.3, 0.4) is 0 Å². The number of halogens is 1. The maximum atomic E-state index is 13.4. The first-order valence-corrected chi connectivity index (χ1v) is 11.8. The van der Waals surface area contributed by atoms with Crippen LogP contribution in [0, 0.1) is 17.0 Å². The first-order valence-electron chi connectivity index (χ1n) is 9.47. The standard InChI is InChI=1S/C23H18BrNO6S/c1-15-5-11-20(12-6-15)32(30,31)22(23(27)16-7-9-18(24)10-8-16)14-21(26)17-3-2-4-19(13-17)25(28)29/h2-13,22H,14H2,1H3/t22-/m1/s1. The molecule has 3 aromatic carbocycles. The summed E-state index contributed by atoms with van der Waals surface area (Å²) in [6, 6.07) is 17.1. The van der Waals surface area contributed by atoms with Crippen LogP contribution in [-0.4, -0.2) is 30.2 Å². The number of hydrogen-bond donors (Lipinski definition) is 0. The summed E-state index contributed by atoms with van der Waals surface area (Å²) >= 11 is 3.27. The zero-order chi connectivity index (χ0) is 23.5. The lowest BCUT2D eigenvalue weighted by Crippen LogP contribution is -2.33. The molecule has 32 heavy (non-hydrogen) atoms. The zero-order valence-corrected chi connectivity index (χ0v) is 19.3.